The number of carbonyl (C=O) groups is 2. The van der Waals surface area contributed by atoms with Crippen LogP contribution in [-0.2, 0) is 9.59 Å². The molecule has 0 unspecified atom stereocenters. The Kier molecular flexibility index (Phi) is 3.00. The van der Waals surface area contributed by atoms with Gasteiger partial charge in [-0.15, -0.1) is 0 Å². The third kappa shape index (κ3) is 1.82. The minimum absolute atomic E-state index is 0.0716. The lowest BCUT2D eigenvalue weighted by Gasteiger charge is -2.28. The topological polar surface area (TPSA) is 58.2 Å². The van der Waals surface area contributed by atoms with Gasteiger partial charge in [-0.05, 0) is 25.6 Å². The summed E-state index contributed by atoms with van der Waals surface area (Å²) < 4.78 is 0. The molecular formula is C9H12N2O2S. The Morgan fingerprint density at radius 2 is 1.86 bits per heavy atom. The summed E-state index contributed by atoms with van der Waals surface area (Å²) in [6.07, 6.45) is 4.16. The maximum Gasteiger partial charge on any atom is 0.245 e. The van der Waals surface area contributed by atoms with Crippen molar-refractivity contribution in [3.05, 3.63) is 12.2 Å². The highest BCUT2D eigenvalue weighted by Gasteiger charge is 2.42. The maximum absolute atomic E-state index is 11.5. The molecule has 0 atom stereocenters. The first-order chi connectivity index (χ1) is 6.50. The van der Waals surface area contributed by atoms with Gasteiger partial charge in [-0.1, -0.05) is 19.1 Å². The van der Waals surface area contributed by atoms with E-state index < -0.39 is 5.41 Å². The molecule has 0 aromatic heterocycles. The summed E-state index contributed by atoms with van der Waals surface area (Å²) in [6, 6.07) is 0. The van der Waals surface area contributed by atoms with Crippen LogP contribution in [0.2, 0.25) is 0 Å². The van der Waals surface area contributed by atoms with Crippen LogP contribution in [0.1, 0.15) is 20.3 Å². The molecule has 0 aliphatic carbocycles. The number of hydrogen-bond acceptors (Lipinski definition) is 3. The molecule has 0 aromatic carbocycles. The van der Waals surface area contributed by atoms with Crippen molar-refractivity contribution in [3.8, 4) is 0 Å². The van der Waals surface area contributed by atoms with Gasteiger partial charge in [0.05, 0.1) is 0 Å². The highest BCUT2D eigenvalue weighted by Crippen LogP contribution is 2.21. The van der Waals surface area contributed by atoms with E-state index in [1.807, 2.05) is 6.92 Å². The Morgan fingerprint density at radius 1 is 1.36 bits per heavy atom. The average molecular weight is 212 g/mol. The van der Waals surface area contributed by atoms with Gasteiger partial charge in [0.25, 0.3) is 0 Å². The summed E-state index contributed by atoms with van der Waals surface area (Å²) in [5.74, 6) is -0.757. The lowest BCUT2D eigenvalue weighted by molar-refractivity contribution is -0.139. The minimum atomic E-state index is -1.14. The second-order valence-electron chi connectivity index (χ2n) is 3.25. The fourth-order valence-electron chi connectivity index (χ4n) is 1.11. The summed E-state index contributed by atoms with van der Waals surface area (Å²) in [7, 11) is 0. The number of allylic oxidation sites excluding steroid dienone is 1. The van der Waals surface area contributed by atoms with Crippen LogP contribution in [0.3, 0.4) is 0 Å². The van der Waals surface area contributed by atoms with Crippen LogP contribution >= 0.6 is 12.2 Å². The molecule has 0 aromatic rings. The van der Waals surface area contributed by atoms with Gasteiger partial charge in [-0.2, -0.15) is 0 Å². The van der Waals surface area contributed by atoms with Crippen LogP contribution in [0.15, 0.2) is 12.2 Å². The van der Waals surface area contributed by atoms with E-state index in [9.17, 15) is 9.59 Å². The van der Waals surface area contributed by atoms with E-state index in [1.54, 1.807) is 19.1 Å². The van der Waals surface area contributed by atoms with Crippen molar-refractivity contribution < 1.29 is 9.59 Å². The molecule has 1 rings (SSSR count). The van der Waals surface area contributed by atoms with Gasteiger partial charge in [0.2, 0.25) is 11.8 Å². The average Bonchev–Trinajstić information content (AvgIpc) is 2.11. The molecule has 1 fully saturated rings. The van der Waals surface area contributed by atoms with Crippen molar-refractivity contribution in [2.75, 3.05) is 0 Å². The standard InChI is InChI=1S/C9H12N2O2S/c1-3-4-5-9(2)6(12)10-8(14)11-7(9)13/h4-5H,3H2,1-2H3,(H2,10,11,12,13,14). The molecule has 0 spiro atoms. The van der Waals surface area contributed by atoms with Crippen molar-refractivity contribution >= 4 is 29.1 Å². The first kappa shape index (κ1) is 10.8. The van der Waals surface area contributed by atoms with E-state index in [2.05, 4.69) is 22.9 Å². The van der Waals surface area contributed by atoms with Crippen molar-refractivity contribution in [1.29, 1.82) is 0 Å². The predicted molar refractivity (Wildman–Crippen MR) is 56.4 cm³/mol. The second kappa shape index (κ2) is 3.88. The number of carbonyl (C=O) groups excluding carboxylic acids is 2. The number of thiocarbonyl (C=S) groups is 1. The molecule has 76 valence electrons. The highest BCUT2D eigenvalue weighted by molar-refractivity contribution is 7.80. The van der Waals surface area contributed by atoms with E-state index in [0.717, 1.165) is 6.42 Å². The fraction of sp³-hybridized carbons (Fsp3) is 0.444. The fourth-order valence-corrected chi connectivity index (χ4v) is 1.29. The quantitative estimate of drug-likeness (QED) is 0.398. The Bertz CT molecular complexity index is 303. The van der Waals surface area contributed by atoms with Gasteiger partial charge in [0.1, 0.15) is 5.41 Å². The van der Waals surface area contributed by atoms with Crippen LogP contribution in [0.25, 0.3) is 0 Å². The maximum atomic E-state index is 11.5. The summed E-state index contributed by atoms with van der Waals surface area (Å²) in [5.41, 5.74) is -1.14. The number of amides is 2. The Balaban J connectivity index is 2.95. The van der Waals surface area contributed by atoms with Gasteiger partial charge in [0, 0.05) is 0 Å². The van der Waals surface area contributed by atoms with E-state index in [4.69, 9.17) is 0 Å². The zero-order chi connectivity index (χ0) is 10.8. The van der Waals surface area contributed by atoms with Crippen molar-refractivity contribution in [3.63, 3.8) is 0 Å². The normalized spacial score (nSPS) is 20.9. The molecule has 1 heterocycles. The predicted octanol–water partition coefficient (Wildman–Crippen LogP) is 0.490. The molecule has 1 aliphatic rings. The number of rotatable bonds is 2. The largest absolute Gasteiger partial charge is 0.302 e. The SMILES string of the molecule is CCC=CC1(C)C(=O)NC(=S)NC1=O. The van der Waals surface area contributed by atoms with Crippen molar-refractivity contribution in [2.24, 2.45) is 5.41 Å². The summed E-state index contributed by atoms with van der Waals surface area (Å²) in [4.78, 5) is 23.1. The second-order valence-corrected chi connectivity index (χ2v) is 3.66. The summed E-state index contributed by atoms with van der Waals surface area (Å²) >= 11 is 4.69. The van der Waals surface area contributed by atoms with E-state index in [0.29, 0.717) is 0 Å². The molecular weight excluding hydrogens is 200 g/mol. The highest BCUT2D eigenvalue weighted by atomic mass is 32.1. The van der Waals surface area contributed by atoms with Crippen molar-refractivity contribution in [2.45, 2.75) is 20.3 Å². The van der Waals surface area contributed by atoms with Crippen LogP contribution in [-0.4, -0.2) is 16.9 Å². The zero-order valence-electron chi connectivity index (χ0n) is 8.09. The van der Waals surface area contributed by atoms with Gasteiger partial charge in [-0.25, -0.2) is 0 Å². The van der Waals surface area contributed by atoms with Crippen LogP contribution in [0.5, 0.6) is 0 Å². The third-order valence-corrected chi connectivity index (χ3v) is 2.29. The van der Waals surface area contributed by atoms with Gasteiger partial charge < -0.3 is 10.6 Å². The molecule has 2 amide bonds. The van der Waals surface area contributed by atoms with Crippen LogP contribution in [0, 0.1) is 5.41 Å². The monoisotopic (exact) mass is 212 g/mol. The smallest absolute Gasteiger partial charge is 0.245 e. The van der Waals surface area contributed by atoms with Gasteiger partial charge in [0.15, 0.2) is 5.11 Å². The lowest BCUT2D eigenvalue weighted by Crippen LogP contribution is -2.60. The molecule has 5 heteroatoms. The summed E-state index contributed by atoms with van der Waals surface area (Å²) in [5, 5.41) is 4.91. The van der Waals surface area contributed by atoms with Crippen LogP contribution in [0.4, 0.5) is 0 Å². The molecule has 14 heavy (non-hydrogen) atoms. The Morgan fingerprint density at radius 3 is 2.29 bits per heavy atom. The van der Waals surface area contributed by atoms with E-state index >= 15 is 0 Å². The molecule has 0 saturated carbocycles. The first-order valence-corrected chi connectivity index (χ1v) is 4.76. The van der Waals surface area contributed by atoms with Crippen molar-refractivity contribution in [1.82, 2.24) is 10.6 Å². The molecule has 4 nitrogen and oxygen atoms in total. The van der Waals surface area contributed by atoms with Gasteiger partial charge in [-0.3, -0.25) is 9.59 Å². The van der Waals surface area contributed by atoms with E-state index in [-0.39, 0.29) is 16.9 Å². The molecule has 0 bridgehead atoms. The minimum Gasteiger partial charge on any atom is -0.302 e. The molecule has 1 aliphatic heterocycles. The third-order valence-electron chi connectivity index (χ3n) is 2.08. The summed E-state index contributed by atoms with van der Waals surface area (Å²) in [6.45, 7) is 3.49. The molecule has 2 N–H and O–H groups in total. The zero-order valence-corrected chi connectivity index (χ0v) is 8.90. The number of nitrogens with one attached hydrogen (secondary N) is 2. The van der Waals surface area contributed by atoms with E-state index in [1.165, 1.54) is 0 Å². The first-order valence-electron chi connectivity index (χ1n) is 4.35. The molecule has 1 saturated heterocycles. The van der Waals surface area contributed by atoms with Crippen LogP contribution < -0.4 is 10.6 Å². The van der Waals surface area contributed by atoms with Gasteiger partial charge >= 0.3 is 0 Å². The Hall–Kier alpha value is -1.23. The number of hydrogen-bond donors (Lipinski definition) is 2. The molecule has 0 radical (unpaired) electrons. The lowest BCUT2D eigenvalue weighted by atomic mass is 9.86. The Labute approximate surface area is 87.7 Å².